The lowest BCUT2D eigenvalue weighted by atomic mass is 10.2. The van der Waals surface area contributed by atoms with E-state index in [1.165, 1.54) is 4.90 Å². The highest BCUT2D eigenvalue weighted by Gasteiger charge is 2.44. The van der Waals surface area contributed by atoms with Crippen molar-refractivity contribution in [1.82, 2.24) is 15.5 Å². The number of urea groups is 1. The summed E-state index contributed by atoms with van der Waals surface area (Å²) in [5.41, 5.74) is 4.99. The van der Waals surface area contributed by atoms with Crippen molar-refractivity contribution in [2.45, 2.75) is 30.8 Å². The zero-order valence-corrected chi connectivity index (χ0v) is 9.79. The maximum Gasteiger partial charge on any atom is 0.312 e. The summed E-state index contributed by atoms with van der Waals surface area (Å²) in [5, 5.41) is 5.04. The van der Waals surface area contributed by atoms with E-state index in [-0.39, 0.29) is 11.9 Å². The Morgan fingerprint density at radius 1 is 1.44 bits per heavy atom. The normalized spacial score (nSPS) is 30.4. The van der Waals surface area contributed by atoms with Gasteiger partial charge in [0.15, 0.2) is 0 Å². The molecule has 2 rings (SSSR count). The summed E-state index contributed by atoms with van der Waals surface area (Å²) in [6.45, 7) is 0.319. The largest absolute Gasteiger partial charge is 0.352 e. The van der Waals surface area contributed by atoms with Gasteiger partial charge < -0.3 is 16.0 Å². The molecule has 0 aromatic heterocycles. The van der Waals surface area contributed by atoms with Crippen LogP contribution < -0.4 is 16.4 Å². The lowest BCUT2D eigenvalue weighted by molar-refractivity contribution is -0.132. The predicted molar refractivity (Wildman–Crippen MR) is 59.1 cm³/mol. The Hall–Kier alpha value is -1.44. The van der Waals surface area contributed by atoms with E-state index in [0.717, 1.165) is 0 Å². The number of likely N-dealkylation sites (tertiary alicyclic amines) is 1. The predicted octanol–water partition coefficient (Wildman–Crippen LogP) is -0.747. The summed E-state index contributed by atoms with van der Waals surface area (Å²) in [6.07, 6.45) is 0.133. The first-order valence-electron chi connectivity index (χ1n) is 5.83. The number of amides is 3. The van der Waals surface area contributed by atoms with Crippen LogP contribution in [0.2, 0.25) is 0 Å². The van der Waals surface area contributed by atoms with Gasteiger partial charge in [-0.25, -0.2) is 13.6 Å². The number of hydrogen-bond donors (Lipinski definition) is 3. The van der Waals surface area contributed by atoms with Crippen molar-refractivity contribution >= 4 is 11.9 Å². The van der Waals surface area contributed by atoms with Gasteiger partial charge in [0.1, 0.15) is 0 Å². The summed E-state index contributed by atoms with van der Waals surface area (Å²) in [6, 6.07) is -1.65. The van der Waals surface area contributed by atoms with Crippen LogP contribution in [-0.2, 0) is 4.79 Å². The van der Waals surface area contributed by atoms with Gasteiger partial charge >= 0.3 is 6.03 Å². The van der Waals surface area contributed by atoms with Crippen LogP contribution in [0.25, 0.3) is 0 Å². The lowest BCUT2D eigenvalue weighted by Gasteiger charge is -2.20. The standard InChI is InChI=1S/C10H16F2N4O2/c11-10(12)3-7(14-5-10)8(17)16-2-1-6(4-16)15-9(13)18/h6-7,14H,1-5H2,(H3,13,15,18). The molecular weight excluding hydrogens is 246 g/mol. The van der Waals surface area contributed by atoms with Crippen molar-refractivity contribution < 1.29 is 18.4 Å². The molecule has 18 heavy (non-hydrogen) atoms. The number of halogens is 2. The lowest BCUT2D eigenvalue weighted by Crippen LogP contribution is -2.45. The van der Waals surface area contributed by atoms with Crippen molar-refractivity contribution in [3.8, 4) is 0 Å². The summed E-state index contributed by atoms with van der Waals surface area (Å²) < 4.78 is 26.0. The monoisotopic (exact) mass is 262 g/mol. The van der Waals surface area contributed by atoms with Gasteiger partial charge in [0.2, 0.25) is 5.91 Å². The molecule has 2 atom stereocenters. The van der Waals surface area contributed by atoms with Gasteiger partial charge in [0, 0.05) is 25.6 Å². The van der Waals surface area contributed by atoms with Crippen LogP contribution >= 0.6 is 0 Å². The molecule has 0 saturated carbocycles. The number of rotatable bonds is 2. The zero-order chi connectivity index (χ0) is 13.3. The second-order valence-corrected chi connectivity index (χ2v) is 4.77. The SMILES string of the molecule is NC(=O)NC1CCN(C(=O)C2CC(F)(F)CN2)C1. The third-order valence-electron chi connectivity index (χ3n) is 3.25. The molecule has 6 nitrogen and oxygen atoms in total. The fraction of sp³-hybridized carbons (Fsp3) is 0.800. The third-order valence-corrected chi connectivity index (χ3v) is 3.25. The van der Waals surface area contributed by atoms with E-state index in [2.05, 4.69) is 10.6 Å². The summed E-state index contributed by atoms with van der Waals surface area (Å²) in [5.74, 6) is -3.15. The molecule has 2 unspecified atom stereocenters. The van der Waals surface area contributed by atoms with Crippen molar-refractivity contribution in [3.63, 3.8) is 0 Å². The Balaban J connectivity index is 1.86. The second kappa shape index (κ2) is 4.68. The van der Waals surface area contributed by atoms with Crippen LogP contribution in [0, 0.1) is 0 Å². The average Bonchev–Trinajstić information content (AvgIpc) is 2.83. The number of primary amides is 1. The molecule has 8 heteroatoms. The molecule has 2 heterocycles. The van der Waals surface area contributed by atoms with E-state index in [0.29, 0.717) is 19.5 Å². The number of alkyl halides is 2. The highest BCUT2D eigenvalue weighted by atomic mass is 19.3. The third kappa shape index (κ3) is 2.87. The molecule has 0 aliphatic carbocycles. The van der Waals surface area contributed by atoms with Crippen molar-refractivity contribution in [2.24, 2.45) is 5.73 Å². The fourth-order valence-electron chi connectivity index (χ4n) is 2.39. The average molecular weight is 262 g/mol. The van der Waals surface area contributed by atoms with E-state index in [9.17, 15) is 18.4 Å². The minimum absolute atomic E-state index is 0.187. The first-order chi connectivity index (χ1) is 8.37. The van der Waals surface area contributed by atoms with Crippen LogP contribution in [0.15, 0.2) is 0 Å². The maximum atomic E-state index is 13.0. The molecule has 2 fully saturated rings. The van der Waals surface area contributed by atoms with Crippen molar-refractivity contribution in [3.05, 3.63) is 0 Å². The second-order valence-electron chi connectivity index (χ2n) is 4.77. The fourth-order valence-corrected chi connectivity index (χ4v) is 2.39. The highest BCUT2D eigenvalue weighted by molar-refractivity contribution is 5.83. The van der Waals surface area contributed by atoms with Gasteiger partial charge in [-0.1, -0.05) is 0 Å². The molecule has 4 N–H and O–H groups in total. The molecule has 2 aliphatic heterocycles. The molecule has 0 aromatic carbocycles. The van der Waals surface area contributed by atoms with Crippen molar-refractivity contribution in [1.29, 1.82) is 0 Å². The van der Waals surface area contributed by atoms with Gasteiger partial charge in [-0.15, -0.1) is 0 Å². The number of carbonyl (C=O) groups is 2. The van der Waals surface area contributed by atoms with Gasteiger partial charge in [0.25, 0.3) is 5.92 Å². The minimum Gasteiger partial charge on any atom is -0.352 e. The molecule has 0 bridgehead atoms. The summed E-state index contributed by atoms with van der Waals surface area (Å²) in [7, 11) is 0. The zero-order valence-electron chi connectivity index (χ0n) is 9.79. The van der Waals surface area contributed by atoms with Gasteiger partial charge in [0.05, 0.1) is 12.6 Å². The highest BCUT2D eigenvalue weighted by Crippen LogP contribution is 2.26. The smallest absolute Gasteiger partial charge is 0.312 e. The Morgan fingerprint density at radius 3 is 2.72 bits per heavy atom. The first-order valence-corrected chi connectivity index (χ1v) is 5.83. The summed E-state index contributed by atoms with van der Waals surface area (Å²) in [4.78, 5) is 24.1. The molecule has 102 valence electrons. The van der Waals surface area contributed by atoms with Crippen LogP contribution in [0.5, 0.6) is 0 Å². The number of hydrogen-bond acceptors (Lipinski definition) is 3. The van der Waals surface area contributed by atoms with Gasteiger partial charge in [-0.05, 0) is 6.42 Å². The summed E-state index contributed by atoms with van der Waals surface area (Å²) >= 11 is 0. The molecule has 3 amide bonds. The Kier molecular flexibility index (Phi) is 3.38. The number of nitrogens with zero attached hydrogens (tertiary/aromatic N) is 1. The number of nitrogens with two attached hydrogens (primary N) is 1. The molecule has 2 aliphatic rings. The van der Waals surface area contributed by atoms with Crippen LogP contribution in [0.1, 0.15) is 12.8 Å². The van der Waals surface area contributed by atoms with E-state index in [1.807, 2.05) is 0 Å². The number of nitrogens with one attached hydrogen (secondary N) is 2. The molecule has 0 aromatic rings. The van der Waals surface area contributed by atoms with Crippen LogP contribution in [0.3, 0.4) is 0 Å². The molecule has 0 spiro atoms. The van der Waals surface area contributed by atoms with E-state index < -0.39 is 31.0 Å². The van der Waals surface area contributed by atoms with Crippen molar-refractivity contribution in [2.75, 3.05) is 19.6 Å². The van der Waals surface area contributed by atoms with E-state index in [4.69, 9.17) is 5.73 Å². The Morgan fingerprint density at radius 2 is 2.17 bits per heavy atom. The first kappa shape index (κ1) is 13.0. The minimum atomic E-state index is -2.81. The van der Waals surface area contributed by atoms with Gasteiger partial charge in [-0.2, -0.15) is 0 Å². The van der Waals surface area contributed by atoms with Gasteiger partial charge in [-0.3, -0.25) is 10.1 Å². The van der Waals surface area contributed by atoms with Crippen LogP contribution in [-0.4, -0.2) is 54.5 Å². The van der Waals surface area contributed by atoms with Crippen LogP contribution in [0.4, 0.5) is 13.6 Å². The topological polar surface area (TPSA) is 87.5 Å². The maximum absolute atomic E-state index is 13.0. The Bertz CT molecular complexity index is 364. The molecular formula is C10H16F2N4O2. The number of carbonyl (C=O) groups excluding carboxylic acids is 2. The molecule has 0 radical (unpaired) electrons. The molecule has 2 saturated heterocycles. The van der Waals surface area contributed by atoms with E-state index >= 15 is 0 Å². The quantitative estimate of drug-likeness (QED) is 0.612. The Labute approximate surface area is 103 Å². The van der Waals surface area contributed by atoms with E-state index in [1.54, 1.807) is 0 Å².